The van der Waals surface area contributed by atoms with Crippen LogP contribution in [0.25, 0.3) is 0 Å². The van der Waals surface area contributed by atoms with Gasteiger partial charge in [-0.1, -0.05) is 18.2 Å². The Morgan fingerprint density at radius 1 is 1.32 bits per heavy atom. The SMILES string of the molecule is COc1ccc(C(=O)C=CC2(O)C=CC=CC2)cc1. The van der Waals surface area contributed by atoms with Crippen molar-refractivity contribution in [3.63, 3.8) is 0 Å². The summed E-state index contributed by atoms with van der Waals surface area (Å²) in [7, 11) is 1.58. The van der Waals surface area contributed by atoms with E-state index in [4.69, 9.17) is 4.74 Å². The fourth-order valence-electron chi connectivity index (χ4n) is 1.82. The Morgan fingerprint density at radius 3 is 2.63 bits per heavy atom. The second kappa shape index (κ2) is 5.67. The first-order valence-corrected chi connectivity index (χ1v) is 6.07. The fourth-order valence-corrected chi connectivity index (χ4v) is 1.82. The van der Waals surface area contributed by atoms with E-state index in [1.54, 1.807) is 43.5 Å². The monoisotopic (exact) mass is 256 g/mol. The summed E-state index contributed by atoms with van der Waals surface area (Å²) < 4.78 is 5.03. The van der Waals surface area contributed by atoms with Crippen LogP contribution in [0.15, 0.2) is 60.7 Å². The molecule has 1 unspecified atom stereocenters. The first-order chi connectivity index (χ1) is 9.13. The summed E-state index contributed by atoms with van der Waals surface area (Å²) in [6.07, 6.45) is 10.6. The van der Waals surface area contributed by atoms with Crippen molar-refractivity contribution in [2.75, 3.05) is 7.11 Å². The summed E-state index contributed by atoms with van der Waals surface area (Å²) in [5, 5.41) is 10.2. The third-order valence-electron chi connectivity index (χ3n) is 2.97. The van der Waals surface area contributed by atoms with E-state index >= 15 is 0 Å². The molecule has 1 atom stereocenters. The van der Waals surface area contributed by atoms with E-state index in [1.807, 2.05) is 12.2 Å². The Bertz CT molecular complexity index is 538. The molecule has 0 aliphatic heterocycles. The Morgan fingerprint density at radius 2 is 2.05 bits per heavy atom. The average molecular weight is 256 g/mol. The molecule has 19 heavy (non-hydrogen) atoms. The van der Waals surface area contributed by atoms with Crippen molar-refractivity contribution in [3.8, 4) is 5.75 Å². The number of hydrogen-bond donors (Lipinski definition) is 1. The quantitative estimate of drug-likeness (QED) is 0.665. The van der Waals surface area contributed by atoms with Crippen LogP contribution in [-0.4, -0.2) is 23.6 Å². The smallest absolute Gasteiger partial charge is 0.185 e. The lowest BCUT2D eigenvalue weighted by atomic mass is 9.94. The van der Waals surface area contributed by atoms with Crippen LogP contribution in [0.2, 0.25) is 0 Å². The van der Waals surface area contributed by atoms with Gasteiger partial charge in [0.25, 0.3) is 0 Å². The lowest BCUT2D eigenvalue weighted by molar-refractivity contribution is 0.103. The molecule has 0 saturated heterocycles. The first-order valence-electron chi connectivity index (χ1n) is 6.07. The van der Waals surface area contributed by atoms with Gasteiger partial charge in [0, 0.05) is 12.0 Å². The van der Waals surface area contributed by atoms with E-state index in [-0.39, 0.29) is 5.78 Å². The molecule has 3 nitrogen and oxygen atoms in total. The van der Waals surface area contributed by atoms with Crippen molar-refractivity contribution in [2.45, 2.75) is 12.0 Å². The molecular weight excluding hydrogens is 240 g/mol. The highest BCUT2D eigenvalue weighted by atomic mass is 16.5. The minimum Gasteiger partial charge on any atom is -0.497 e. The molecular formula is C16H16O3. The number of aliphatic hydroxyl groups is 1. The molecule has 2 rings (SSSR count). The van der Waals surface area contributed by atoms with Gasteiger partial charge in [0.2, 0.25) is 0 Å². The molecule has 3 heteroatoms. The van der Waals surface area contributed by atoms with Gasteiger partial charge in [0.15, 0.2) is 5.78 Å². The maximum absolute atomic E-state index is 11.9. The summed E-state index contributed by atoms with van der Waals surface area (Å²) in [5.74, 6) is 0.568. The van der Waals surface area contributed by atoms with Gasteiger partial charge in [-0.25, -0.2) is 0 Å². The molecule has 0 heterocycles. The number of carbonyl (C=O) groups is 1. The molecule has 0 saturated carbocycles. The summed E-state index contributed by atoms with van der Waals surface area (Å²) in [4.78, 5) is 11.9. The Labute approximate surface area is 112 Å². The third kappa shape index (κ3) is 3.42. The minimum absolute atomic E-state index is 0.140. The van der Waals surface area contributed by atoms with Crippen molar-refractivity contribution in [3.05, 3.63) is 66.3 Å². The van der Waals surface area contributed by atoms with Crippen LogP contribution in [0.1, 0.15) is 16.8 Å². The van der Waals surface area contributed by atoms with Gasteiger partial charge < -0.3 is 9.84 Å². The van der Waals surface area contributed by atoms with Gasteiger partial charge in [-0.3, -0.25) is 4.79 Å². The zero-order valence-corrected chi connectivity index (χ0v) is 10.7. The third-order valence-corrected chi connectivity index (χ3v) is 2.97. The van der Waals surface area contributed by atoms with E-state index in [0.29, 0.717) is 17.7 Å². The molecule has 0 amide bonds. The Hall–Kier alpha value is -2.13. The van der Waals surface area contributed by atoms with Gasteiger partial charge in [0.1, 0.15) is 11.4 Å². The Kier molecular flexibility index (Phi) is 3.97. The van der Waals surface area contributed by atoms with Gasteiger partial charge >= 0.3 is 0 Å². The number of allylic oxidation sites excluding steroid dienone is 3. The number of ketones is 1. The number of hydrogen-bond acceptors (Lipinski definition) is 3. The van der Waals surface area contributed by atoms with Crippen LogP contribution in [0, 0.1) is 0 Å². The van der Waals surface area contributed by atoms with Crippen molar-refractivity contribution >= 4 is 5.78 Å². The van der Waals surface area contributed by atoms with Crippen LogP contribution in [-0.2, 0) is 0 Å². The maximum Gasteiger partial charge on any atom is 0.185 e. The highest BCUT2D eigenvalue weighted by Gasteiger charge is 2.19. The van der Waals surface area contributed by atoms with E-state index in [1.165, 1.54) is 12.2 Å². The average Bonchev–Trinajstić information content (AvgIpc) is 2.46. The summed E-state index contributed by atoms with van der Waals surface area (Å²) in [6, 6.07) is 6.87. The van der Waals surface area contributed by atoms with E-state index in [9.17, 15) is 9.90 Å². The fraction of sp³-hybridized carbons (Fsp3) is 0.188. The zero-order valence-electron chi connectivity index (χ0n) is 10.7. The molecule has 98 valence electrons. The molecule has 0 radical (unpaired) electrons. The van der Waals surface area contributed by atoms with Crippen LogP contribution in [0.3, 0.4) is 0 Å². The maximum atomic E-state index is 11.9. The second-order valence-electron chi connectivity index (χ2n) is 4.41. The highest BCUT2D eigenvalue weighted by molar-refractivity contribution is 6.04. The summed E-state index contributed by atoms with van der Waals surface area (Å²) in [6.45, 7) is 0. The van der Waals surface area contributed by atoms with Crippen molar-refractivity contribution < 1.29 is 14.6 Å². The van der Waals surface area contributed by atoms with Crippen molar-refractivity contribution in [1.29, 1.82) is 0 Å². The largest absolute Gasteiger partial charge is 0.497 e. The molecule has 0 bridgehead atoms. The van der Waals surface area contributed by atoms with Crippen molar-refractivity contribution in [1.82, 2.24) is 0 Å². The van der Waals surface area contributed by atoms with Crippen LogP contribution < -0.4 is 4.74 Å². The number of carbonyl (C=O) groups excluding carboxylic acids is 1. The number of rotatable bonds is 4. The van der Waals surface area contributed by atoms with Gasteiger partial charge in [-0.05, 0) is 42.5 Å². The molecule has 0 fully saturated rings. The van der Waals surface area contributed by atoms with Crippen LogP contribution in [0.5, 0.6) is 5.75 Å². The van der Waals surface area contributed by atoms with E-state index in [2.05, 4.69) is 0 Å². The lowest BCUT2D eigenvalue weighted by Gasteiger charge is -2.20. The number of ether oxygens (including phenoxy) is 1. The molecule has 1 aromatic carbocycles. The molecule has 0 spiro atoms. The van der Waals surface area contributed by atoms with E-state index in [0.717, 1.165) is 0 Å². The van der Waals surface area contributed by atoms with Crippen LogP contribution >= 0.6 is 0 Å². The first kappa shape index (κ1) is 13.3. The number of methoxy groups -OCH3 is 1. The van der Waals surface area contributed by atoms with E-state index < -0.39 is 5.60 Å². The molecule has 1 aliphatic carbocycles. The lowest BCUT2D eigenvalue weighted by Crippen LogP contribution is -2.23. The zero-order chi connectivity index (χ0) is 13.7. The molecule has 1 N–H and O–H groups in total. The Balaban J connectivity index is 2.07. The standard InChI is InChI=1S/C16H16O3/c1-19-14-7-5-13(6-8-14)15(17)9-12-16(18)10-3-2-4-11-16/h2-10,12,18H,11H2,1H3. The molecule has 1 aromatic rings. The highest BCUT2D eigenvalue weighted by Crippen LogP contribution is 2.19. The van der Waals surface area contributed by atoms with Crippen molar-refractivity contribution in [2.24, 2.45) is 0 Å². The minimum atomic E-state index is -1.06. The second-order valence-corrected chi connectivity index (χ2v) is 4.41. The number of benzene rings is 1. The normalized spacial score (nSPS) is 21.8. The predicted molar refractivity (Wildman–Crippen MR) is 74.3 cm³/mol. The molecule has 0 aromatic heterocycles. The predicted octanol–water partition coefficient (Wildman–Crippen LogP) is 2.68. The van der Waals surface area contributed by atoms with Gasteiger partial charge in [-0.2, -0.15) is 0 Å². The van der Waals surface area contributed by atoms with Gasteiger partial charge in [-0.15, -0.1) is 0 Å². The molecule has 1 aliphatic rings. The van der Waals surface area contributed by atoms with Gasteiger partial charge in [0.05, 0.1) is 7.11 Å². The summed E-state index contributed by atoms with van der Waals surface area (Å²) in [5.41, 5.74) is -0.493. The topological polar surface area (TPSA) is 46.5 Å². The van der Waals surface area contributed by atoms with Crippen LogP contribution in [0.4, 0.5) is 0 Å². The summed E-state index contributed by atoms with van der Waals surface area (Å²) >= 11 is 0.